The Morgan fingerprint density at radius 2 is 1.83 bits per heavy atom. The fourth-order valence-electron chi connectivity index (χ4n) is 4.31. The van der Waals surface area contributed by atoms with E-state index >= 15 is 0 Å². The minimum absolute atomic E-state index is 0.0890. The van der Waals surface area contributed by atoms with Gasteiger partial charge < -0.3 is 29.5 Å². The van der Waals surface area contributed by atoms with Crippen LogP contribution in [-0.2, 0) is 13.1 Å². The van der Waals surface area contributed by atoms with Gasteiger partial charge in [-0.2, -0.15) is 0 Å². The number of carbonyl (C=O) groups is 2. The summed E-state index contributed by atoms with van der Waals surface area (Å²) < 4.78 is 17.0. The van der Waals surface area contributed by atoms with Crippen LogP contribution in [0.15, 0.2) is 36.4 Å². The largest absolute Gasteiger partial charge is 0.496 e. The van der Waals surface area contributed by atoms with Crippen LogP contribution in [0, 0.1) is 5.92 Å². The van der Waals surface area contributed by atoms with E-state index in [0.717, 1.165) is 36.1 Å². The predicted octanol–water partition coefficient (Wildman–Crippen LogP) is 5.12. The van der Waals surface area contributed by atoms with Crippen LogP contribution in [-0.4, -0.2) is 56.0 Å². The van der Waals surface area contributed by atoms with E-state index in [0.29, 0.717) is 43.5 Å². The van der Waals surface area contributed by atoms with Gasteiger partial charge in [-0.1, -0.05) is 38.8 Å². The molecule has 1 atom stereocenters. The van der Waals surface area contributed by atoms with Crippen LogP contribution in [0.2, 0.25) is 0 Å². The first kappa shape index (κ1) is 27.0. The maximum atomic E-state index is 13.5. The van der Waals surface area contributed by atoms with Gasteiger partial charge in [-0.05, 0) is 36.1 Å². The maximum Gasteiger partial charge on any atom is 0.404 e. The molecule has 1 aliphatic rings. The quantitative estimate of drug-likeness (QED) is 0.393. The number of amides is 3. The summed E-state index contributed by atoms with van der Waals surface area (Å²) in [5.41, 5.74) is 2.40. The Kier molecular flexibility index (Phi) is 9.67. The number of anilines is 1. The van der Waals surface area contributed by atoms with Crippen LogP contribution in [0.3, 0.4) is 0 Å². The normalized spacial score (nSPS) is 15.6. The summed E-state index contributed by atoms with van der Waals surface area (Å²) in [5, 5.41) is 11.2. The highest BCUT2D eigenvalue weighted by Gasteiger charge is 2.31. The highest BCUT2D eigenvalue weighted by Crippen LogP contribution is 2.34. The smallest absolute Gasteiger partial charge is 0.404 e. The lowest BCUT2D eigenvalue weighted by atomic mass is 10.1. The number of hydrogen-bond donors (Lipinski definition) is 2. The minimum Gasteiger partial charge on any atom is -0.496 e. The number of nitrogens with zero attached hydrogens (tertiary/aromatic N) is 2. The second-order valence-corrected chi connectivity index (χ2v) is 9.07. The Morgan fingerprint density at radius 3 is 2.53 bits per heavy atom. The summed E-state index contributed by atoms with van der Waals surface area (Å²) in [6.07, 6.45) is 2.09. The van der Waals surface area contributed by atoms with E-state index in [4.69, 9.17) is 19.3 Å². The van der Waals surface area contributed by atoms with Crippen molar-refractivity contribution in [2.75, 3.05) is 38.8 Å². The van der Waals surface area contributed by atoms with Crippen molar-refractivity contribution in [3.05, 3.63) is 47.5 Å². The first-order valence-corrected chi connectivity index (χ1v) is 12.4. The lowest BCUT2D eigenvalue weighted by Gasteiger charge is -2.39. The van der Waals surface area contributed by atoms with E-state index in [1.807, 2.05) is 35.2 Å². The Bertz CT molecular complexity index is 1040. The zero-order valence-corrected chi connectivity index (χ0v) is 21.6. The molecule has 2 aromatic rings. The van der Waals surface area contributed by atoms with Crippen molar-refractivity contribution in [1.29, 1.82) is 0 Å². The Morgan fingerprint density at radius 1 is 1.06 bits per heavy atom. The number of carboxylic acid groups (broad SMARTS) is 1. The molecule has 1 aliphatic heterocycles. The summed E-state index contributed by atoms with van der Waals surface area (Å²) in [4.78, 5) is 27.9. The van der Waals surface area contributed by atoms with Crippen LogP contribution in [0.1, 0.15) is 44.2 Å². The number of hydrogen-bond acceptors (Lipinski definition) is 5. The summed E-state index contributed by atoms with van der Waals surface area (Å²) >= 11 is 0. The molecule has 0 saturated carbocycles. The van der Waals surface area contributed by atoms with Crippen LogP contribution < -0.4 is 24.4 Å². The molecule has 1 heterocycles. The number of methoxy groups -OCH3 is 2. The van der Waals surface area contributed by atoms with Crippen LogP contribution >= 0.6 is 0 Å². The number of ether oxygens (including phenoxy) is 3. The summed E-state index contributed by atoms with van der Waals surface area (Å²) in [6, 6.07) is 11.0. The van der Waals surface area contributed by atoms with Crippen LogP contribution in [0.25, 0.3) is 0 Å². The van der Waals surface area contributed by atoms with Crippen molar-refractivity contribution < 1.29 is 28.9 Å². The van der Waals surface area contributed by atoms with E-state index in [2.05, 4.69) is 19.2 Å². The molecule has 9 nitrogen and oxygen atoms in total. The zero-order valence-electron chi connectivity index (χ0n) is 21.6. The molecule has 0 aliphatic carbocycles. The van der Waals surface area contributed by atoms with Gasteiger partial charge in [-0.15, -0.1) is 0 Å². The lowest BCUT2D eigenvalue weighted by molar-refractivity contribution is 0.177. The van der Waals surface area contributed by atoms with E-state index in [9.17, 15) is 9.59 Å². The molecule has 2 N–H and O–H groups in total. The zero-order chi connectivity index (χ0) is 26.1. The molecule has 3 rings (SSSR count). The van der Waals surface area contributed by atoms with Crippen molar-refractivity contribution in [1.82, 2.24) is 10.2 Å². The van der Waals surface area contributed by atoms with Gasteiger partial charge >= 0.3 is 12.1 Å². The Hall–Kier alpha value is -3.62. The monoisotopic (exact) mass is 499 g/mol. The first-order chi connectivity index (χ1) is 17.4. The van der Waals surface area contributed by atoms with E-state index < -0.39 is 6.09 Å². The van der Waals surface area contributed by atoms with E-state index in [1.165, 1.54) is 0 Å². The molecular weight excluding hydrogens is 462 g/mol. The van der Waals surface area contributed by atoms with Gasteiger partial charge in [0.1, 0.15) is 5.75 Å². The fourth-order valence-corrected chi connectivity index (χ4v) is 4.31. The van der Waals surface area contributed by atoms with Crippen LogP contribution in [0.4, 0.5) is 15.3 Å². The van der Waals surface area contributed by atoms with Gasteiger partial charge in [0, 0.05) is 37.0 Å². The van der Waals surface area contributed by atoms with Crippen LogP contribution in [0.5, 0.6) is 17.2 Å². The Balaban J connectivity index is 1.78. The van der Waals surface area contributed by atoms with Crippen molar-refractivity contribution in [2.45, 2.75) is 46.2 Å². The Labute approximate surface area is 212 Å². The van der Waals surface area contributed by atoms with Gasteiger partial charge in [0.2, 0.25) is 0 Å². The number of rotatable bonds is 12. The molecule has 0 spiro atoms. The molecule has 0 radical (unpaired) electrons. The molecule has 1 unspecified atom stereocenters. The van der Waals surface area contributed by atoms with Gasteiger partial charge in [-0.3, -0.25) is 4.90 Å². The molecule has 1 fully saturated rings. The van der Waals surface area contributed by atoms with Gasteiger partial charge in [0.15, 0.2) is 11.5 Å². The summed E-state index contributed by atoms with van der Waals surface area (Å²) in [5.74, 6) is 2.15. The fraction of sp³-hybridized carbons (Fsp3) is 0.481. The third kappa shape index (κ3) is 6.96. The third-order valence-corrected chi connectivity index (χ3v) is 6.15. The molecule has 196 valence electrons. The van der Waals surface area contributed by atoms with E-state index in [1.54, 1.807) is 25.2 Å². The number of carbonyl (C=O) groups excluding carboxylic acids is 1. The molecule has 0 aromatic heterocycles. The predicted molar refractivity (Wildman–Crippen MR) is 138 cm³/mol. The highest BCUT2D eigenvalue weighted by atomic mass is 16.5. The standard InChI is InChI=1S/C27H37N3O6/c1-5-6-7-12-36-25-14-22(10-11-23(25)34-3)30-17-19(2)16-29(27(30)33)18-21-9-8-20(13-24(21)35-4)15-28-26(31)32/h8-11,13-14,19,28H,5-7,12,15-18H2,1-4H3,(H,31,32). The molecule has 2 aromatic carbocycles. The van der Waals surface area contributed by atoms with Crippen molar-refractivity contribution in [3.8, 4) is 17.2 Å². The SMILES string of the molecule is CCCCCOc1cc(N2CC(C)CN(Cc3ccc(CNC(=O)O)cc3OC)C2=O)ccc1OC. The maximum absolute atomic E-state index is 13.5. The molecule has 1 saturated heterocycles. The topological polar surface area (TPSA) is 101 Å². The average Bonchev–Trinajstić information content (AvgIpc) is 2.87. The number of unbranched alkanes of at least 4 members (excludes halogenated alkanes) is 2. The summed E-state index contributed by atoms with van der Waals surface area (Å²) in [7, 11) is 3.18. The second kappa shape index (κ2) is 12.9. The van der Waals surface area contributed by atoms with E-state index in [-0.39, 0.29) is 18.5 Å². The molecule has 9 heteroatoms. The van der Waals surface area contributed by atoms with Gasteiger partial charge in [0.25, 0.3) is 0 Å². The summed E-state index contributed by atoms with van der Waals surface area (Å²) in [6.45, 7) is 6.66. The average molecular weight is 500 g/mol. The van der Waals surface area contributed by atoms with Gasteiger partial charge in [0.05, 0.1) is 27.4 Å². The van der Waals surface area contributed by atoms with Gasteiger partial charge in [-0.25, -0.2) is 9.59 Å². The number of urea groups is 1. The minimum atomic E-state index is -1.08. The first-order valence-electron chi connectivity index (χ1n) is 12.4. The lowest BCUT2D eigenvalue weighted by Crippen LogP contribution is -2.52. The number of nitrogens with one attached hydrogen (secondary N) is 1. The van der Waals surface area contributed by atoms with Crippen molar-refractivity contribution in [3.63, 3.8) is 0 Å². The molecule has 36 heavy (non-hydrogen) atoms. The highest BCUT2D eigenvalue weighted by molar-refractivity contribution is 5.93. The second-order valence-electron chi connectivity index (χ2n) is 9.07. The van der Waals surface area contributed by atoms with Crippen molar-refractivity contribution >= 4 is 17.8 Å². The van der Waals surface area contributed by atoms with Crippen molar-refractivity contribution in [2.24, 2.45) is 5.92 Å². The third-order valence-electron chi connectivity index (χ3n) is 6.15. The number of benzene rings is 2. The molecule has 0 bridgehead atoms. The molecular formula is C27H37N3O6. The molecule has 3 amide bonds.